The highest BCUT2D eigenvalue weighted by Gasteiger charge is 2.28. The first kappa shape index (κ1) is 24.3. The smallest absolute Gasteiger partial charge is 0.407 e. The number of nitrogens with one attached hydrogen (secondary N) is 2. The van der Waals surface area contributed by atoms with Crippen molar-refractivity contribution in [2.24, 2.45) is 11.8 Å². The maximum atomic E-state index is 12.2. The number of carboxylic acid groups (broad SMARTS) is 1. The third kappa shape index (κ3) is 6.57. The van der Waals surface area contributed by atoms with Gasteiger partial charge in [0.2, 0.25) is 5.91 Å². The van der Waals surface area contributed by atoms with Crippen LogP contribution in [-0.2, 0) is 14.3 Å². The summed E-state index contributed by atoms with van der Waals surface area (Å²) in [5.41, 5.74) is 4.71. The van der Waals surface area contributed by atoms with Gasteiger partial charge in [-0.05, 0) is 41.0 Å². The molecule has 0 saturated carbocycles. The van der Waals surface area contributed by atoms with Crippen molar-refractivity contribution < 1.29 is 24.2 Å². The monoisotopic (exact) mass is 452 g/mol. The first-order valence-corrected chi connectivity index (χ1v) is 11.4. The van der Waals surface area contributed by atoms with Gasteiger partial charge in [0, 0.05) is 31.3 Å². The van der Waals surface area contributed by atoms with Crippen molar-refractivity contribution in [3.8, 4) is 11.1 Å². The lowest BCUT2D eigenvalue weighted by atomic mass is 9.98. The summed E-state index contributed by atoms with van der Waals surface area (Å²) >= 11 is 0. The quantitative estimate of drug-likeness (QED) is 0.444. The molecule has 7 nitrogen and oxygen atoms in total. The Hall–Kier alpha value is -3.35. The van der Waals surface area contributed by atoms with E-state index in [-0.39, 0.29) is 36.7 Å². The molecule has 176 valence electrons. The molecular weight excluding hydrogens is 420 g/mol. The second-order valence-electron chi connectivity index (χ2n) is 8.74. The van der Waals surface area contributed by atoms with Crippen molar-refractivity contribution in [1.82, 2.24) is 10.6 Å². The fourth-order valence-electron chi connectivity index (χ4n) is 4.20. The molecular formula is C26H32N2O5. The fourth-order valence-corrected chi connectivity index (χ4v) is 4.20. The molecule has 3 rings (SSSR count). The van der Waals surface area contributed by atoms with E-state index in [2.05, 4.69) is 34.9 Å². The predicted molar refractivity (Wildman–Crippen MR) is 126 cm³/mol. The van der Waals surface area contributed by atoms with E-state index < -0.39 is 12.1 Å². The normalized spacial score (nSPS) is 14.0. The van der Waals surface area contributed by atoms with Gasteiger partial charge in [-0.1, -0.05) is 62.4 Å². The molecule has 7 heteroatoms. The van der Waals surface area contributed by atoms with Gasteiger partial charge in [-0.15, -0.1) is 0 Å². The molecule has 1 aliphatic carbocycles. The molecule has 0 bridgehead atoms. The maximum absolute atomic E-state index is 12.2. The van der Waals surface area contributed by atoms with Gasteiger partial charge in [0.1, 0.15) is 6.61 Å². The number of aliphatic carboxylic acids is 1. The Kier molecular flexibility index (Phi) is 8.46. The lowest BCUT2D eigenvalue weighted by Crippen LogP contribution is -2.34. The number of alkyl carbamates (subject to hydrolysis) is 1. The van der Waals surface area contributed by atoms with Crippen LogP contribution < -0.4 is 10.6 Å². The van der Waals surface area contributed by atoms with Crippen LogP contribution in [0.2, 0.25) is 0 Å². The summed E-state index contributed by atoms with van der Waals surface area (Å²) in [5, 5.41) is 14.3. The van der Waals surface area contributed by atoms with Crippen molar-refractivity contribution >= 4 is 18.0 Å². The van der Waals surface area contributed by atoms with Crippen LogP contribution in [0.15, 0.2) is 48.5 Å². The van der Waals surface area contributed by atoms with Crippen LogP contribution in [0.25, 0.3) is 11.1 Å². The number of benzene rings is 2. The van der Waals surface area contributed by atoms with E-state index in [1.807, 2.05) is 31.2 Å². The molecule has 3 N–H and O–H groups in total. The van der Waals surface area contributed by atoms with E-state index in [0.717, 1.165) is 0 Å². The van der Waals surface area contributed by atoms with Crippen LogP contribution in [0, 0.1) is 11.8 Å². The zero-order valence-corrected chi connectivity index (χ0v) is 19.2. The van der Waals surface area contributed by atoms with Gasteiger partial charge >= 0.3 is 12.1 Å². The number of amides is 2. The lowest BCUT2D eigenvalue weighted by molar-refractivity contribution is -0.138. The number of carbonyl (C=O) groups excluding carboxylic acids is 2. The van der Waals surface area contributed by atoms with Gasteiger partial charge in [-0.25, -0.2) is 4.79 Å². The Morgan fingerprint density at radius 2 is 1.58 bits per heavy atom. The second kappa shape index (κ2) is 11.5. The van der Waals surface area contributed by atoms with Gasteiger partial charge in [0.25, 0.3) is 0 Å². The number of hydrogen-bond donors (Lipinski definition) is 3. The number of ether oxygens (including phenoxy) is 1. The Labute approximate surface area is 194 Å². The molecule has 0 spiro atoms. The van der Waals surface area contributed by atoms with Crippen LogP contribution >= 0.6 is 0 Å². The number of carboxylic acids is 1. The predicted octanol–water partition coefficient (Wildman–Crippen LogP) is 4.17. The topological polar surface area (TPSA) is 105 Å². The molecule has 0 aromatic heterocycles. The van der Waals surface area contributed by atoms with E-state index in [0.29, 0.717) is 25.9 Å². The summed E-state index contributed by atoms with van der Waals surface area (Å²) < 4.78 is 5.51. The van der Waals surface area contributed by atoms with Gasteiger partial charge in [-0.2, -0.15) is 0 Å². The van der Waals surface area contributed by atoms with Crippen LogP contribution in [0.3, 0.4) is 0 Å². The minimum absolute atomic E-state index is 0.0235. The van der Waals surface area contributed by atoms with E-state index in [4.69, 9.17) is 9.84 Å². The molecule has 33 heavy (non-hydrogen) atoms. The van der Waals surface area contributed by atoms with E-state index in [1.54, 1.807) is 6.92 Å². The first-order valence-electron chi connectivity index (χ1n) is 11.4. The average Bonchev–Trinajstić information content (AvgIpc) is 3.12. The van der Waals surface area contributed by atoms with Gasteiger partial charge in [0.15, 0.2) is 0 Å². The largest absolute Gasteiger partial charge is 0.481 e. The number of carbonyl (C=O) groups is 3. The Morgan fingerprint density at radius 1 is 0.970 bits per heavy atom. The van der Waals surface area contributed by atoms with E-state index in [1.165, 1.54) is 22.3 Å². The maximum Gasteiger partial charge on any atom is 0.407 e. The molecule has 2 amide bonds. The average molecular weight is 453 g/mol. The summed E-state index contributed by atoms with van der Waals surface area (Å²) in [5.74, 6) is -1.28. The molecule has 2 unspecified atom stereocenters. The summed E-state index contributed by atoms with van der Waals surface area (Å²) in [4.78, 5) is 35.0. The molecule has 2 atom stereocenters. The SMILES string of the molecule is CC(CNC(=O)C(C)CCCNC(=O)OCC1c2ccccc2-c2ccccc21)CC(=O)O. The Morgan fingerprint density at radius 3 is 2.18 bits per heavy atom. The lowest BCUT2D eigenvalue weighted by Gasteiger charge is -2.16. The summed E-state index contributed by atoms with van der Waals surface area (Å²) in [6.07, 6.45) is 0.821. The van der Waals surface area contributed by atoms with Gasteiger partial charge in [0.05, 0.1) is 0 Å². The van der Waals surface area contributed by atoms with Crippen molar-refractivity contribution in [2.75, 3.05) is 19.7 Å². The Bertz CT molecular complexity index is 945. The minimum Gasteiger partial charge on any atom is -0.481 e. The molecule has 0 heterocycles. The summed E-state index contributed by atoms with van der Waals surface area (Å²) in [6, 6.07) is 16.4. The van der Waals surface area contributed by atoms with Crippen molar-refractivity contribution in [1.29, 1.82) is 0 Å². The van der Waals surface area contributed by atoms with E-state index in [9.17, 15) is 14.4 Å². The molecule has 0 radical (unpaired) electrons. The fraction of sp³-hybridized carbons (Fsp3) is 0.423. The Balaban J connectivity index is 1.37. The highest BCUT2D eigenvalue weighted by atomic mass is 16.5. The molecule has 2 aromatic rings. The highest BCUT2D eigenvalue weighted by Crippen LogP contribution is 2.44. The highest BCUT2D eigenvalue weighted by molar-refractivity contribution is 5.79. The summed E-state index contributed by atoms with van der Waals surface area (Å²) in [7, 11) is 0. The third-order valence-corrected chi connectivity index (χ3v) is 6.02. The zero-order valence-electron chi connectivity index (χ0n) is 19.2. The molecule has 2 aromatic carbocycles. The number of hydrogen-bond acceptors (Lipinski definition) is 4. The first-order chi connectivity index (χ1) is 15.9. The van der Waals surface area contributed by atoms with Gasteiger partial charge in [-0.3, -0.25) is 9.59 Å². The van der Waals surface area contributed by atoms with Crippen LogP contribution in [0.1, 0.15) is 50.2 Å². The van der Waals surface area contributed by atoms with Crippen LogP contribution in [-0.4, -0.2) is 42.8 Å². The van der Waals surface area contributed by atoms with E-state index >= 15 is 0 Å². The molecule has 0 aliphatic heterocycles. The molecule has 0 fully saturated rings. The number of rotatable bonds is 11. The molecule has 0 saturated heterocycles. The number of fused-ring (bicyclic) bond motifs is 3. The van der Waals surface area contributed by atoms with Gasteiger partial charge < -0.3 is 20.5 Å². The van der Waals surface area contributed by atoms with Crippen molar-refractivity contribution in [3.63, 3.8) is 0 Å². The molecule has 1 aliphatic rings. The van der Waals surface area contributed by atoms with Crippen molar-refractivity contribution in [2.45, 2.75) is 39.0 Å². The van der Waals surface area contributed by atoms with Crippen LogP contribution in [0.4, 0.5) is 4.79 Å². The third-order valence-electron chi connectivity index (χ3n) is 6.02. The summed E-state index contributed by atoms with van der Waals surface area (Å²) in [6.45, 7) is 4.65. The zero-order chi connectivity index (χ0) is 23.8. The minimum atomic E-state index is -0.871. The second-order valence-corrected chi connectivity index (χ2v) is 8.74. The standard InChI is InChI=1S/C26H32N2O5/c1-17(14-24(29)30)15-28-25(31)18(2)8-7-13-27-26(32)33-16-23-21-11-5-3-9-19(21)20-10-4-6-12-22(20)23/h3-6,9-12,17-18,23H,7-8,13-16H2,1-2H3,(H,27,32)(H,28,31)(H,29,30). The van der Waals surface area contributed by atoms with Crippen molar-refractivity contribution in [3.05, 3.63) is 59.7 Å². The van der Waals surface area contributed by atoms with Crippen LogP contribution in [0.5, 0.6) is 0 Å².